The molecule has 0 fully saturated rings. The molecule has 0 N–H and O–H groups in total. The zero-order valence-corrected chi connectivity index (χ0v) is 22.2. The molecule has 0 saturated carbocycles. The van der Waals surface area contributed by atoms with Crippen molar-refractivity contribution in [3.63, 3.8) is 0 Å². The summed E-state index contributed by atoms with van der Waals surface area (Å²) in [6.07, 6.45) is 12.7. The molecule has 0 saturated heterocycles. The highest BCUT2D eigenvalue weighted by molar-refractivity contribution is 4.73. The molecule has 0 heterocycles. The normalized spacial score (nSPS) is 18.0. The zero-order valence-electron chi connectivity index (χ0n) is 22.2. The van der Waals surface area contributed by atoms with Crippen LogP contribution < -0.4 is 0 Å². The lowest BCUT2D eigenvalue weighted by Crippen LogP contribution is -2.15. The summed E-state index contributed by atoms with van der Waals surface area (Å²) < 4.78 is 0. The third-order valence-corrected chi connectivity index (χ3v) is 6.09. The molecular weight excluding hydrogens is 336 g/mol. The lowest BCUT2D eigenvalue weighted by Gasteiger charge is -2.28. The fourth-order valence-corrected chi connectivity index (χ4v) is 5.44. The molecule has 0 aromatic carbocycles. The molecule has 0 nitrogen and oxygen atoms in total. The van der Waals surface area contributed by atoms with E-state index in [1.807, 2.05) is 0 Å². The van der Waals surface area contributed by atoms with Gasteiger partial charge in [0, 0.05) is 0 Å². The molecule has 0 bridgehead atoms. The molecule has 0 amide bonds. The average molecular weight is 395 g/mol. The Bertz CT molecular complexity index is 322. The largest absolute Gasteiger partial charge is 0.0625 e. The Hall–Kier alpha value is 0. The molecule has 0 heteroatoms. The van der Waals surface area contributed by atoms with Crippen molar-refractivity contribution < 1.29 is 0 Å². The van der Waals surface area contributed by atoms with Gasteiger partial charge in [-0.2, -0.15) is 0 Å². The van der Waals surface area contributed by atoms with Gasteiger partial charge in [-0.25, -0.2) is 0 Å². The van der Waals surface area contributed by atoms with E-state index in [9.17, 15) is 0 Å². The van der Waals surface area contributed by atoms with E-state index < -0.39 is 0 Å². The Morgan fingerprint density at radius 1 is 0.393 bits per heavy atom. The van der Waals surface area contributed by atoms with Gasteiger partial charge in [0.15, 0.2) is 0 Å². The van der Waals surface area contributed by atoms with Gasteiger partial charge < -0.3 is 0 Å². The second-order valence-electron chi connectivity index (χ2n) is 14.2. The Kier molecular flexibility index (Phi) is 12.0. The van der Waals surface area contributed by atoms with Crippen LogP contribution in [0.3, 0.4) is 0 Å². The maximum absolute atomic E-state index is 2.48. The molecule has 28 heavy (non-hydrogen) atoms. The van der Waals surface area contributed by atoms with Crippen LogP contribution in [0.1, 0.15) is 141 Å². The number of rotatable bonds is 12. The molecule has 0 aliphatic rings. The van der Waals surface area contributed by atoms with Gasteiger partial charge >= 0.3 is 0 Å². The highest BCUT2D eigenvalue weighted by Gasteiger charge is 2.21. The fourth-order valence-electron chi connectivity index (χ4n) is 5.44. The van der Waals surface area contributed by atoms with E-state index in [1.54, 1.807) is 0 Å². The SMILES string of the molecule is CC(CCC(CCC(C)CC(C)(C)C)CCC(C)CC(C)(C)C)CC(C)(C)C. The standard InChI is InChI=1S/C28H58/c1-22(19-26(4,5)6)13-16-25(17-14-23(2)20-27(7,8)9)18-15-24(3)21-28(10,11)12/h22-25H,13-21H2,1-12H3. The van der Waals surface area contributed by atoms with Crippen LogP contribution in [0.2, 0.25) is 0 Å². The summed E-state index contributed by atoms with van der Waals surface area (Å²) in [7, 11) is 0. The van der Waals surface area contributed by atoms with E-state index >= 15 is 0 Å². The van der Waals surface area contributed by atoms with Gasteiger partial charge in [-0.3, -0.25) is 0 Å². The van der Waals surface area contributed by atoms with E-state index in [0.717, 1.165) is 23.7 Å². The van der Waals surface area contributed by atoms with E-state index in [-0.39, 0.29) is 0 Å². The maximum Gasteiger partial charge on any atom is -0.0380 e. The molecule has 0 aliphatic carbocycles. The van der Waals surface area contributed by atoms with Crippen molar-refractivity contribution >= 4 is 0 Å². The van der Waals surface area contributed by atoms with Crippen LogP contribution >= 0.6 is 0 Å². The minimum absolute atomic E-state index is 0.470. The first-order chi connectivity index (χ1) is 12.5. The highest BCUT2D eigenvalue weighted by Crippen LogP contribution is 2.34. The summed E-state index contributed by atoms with van der Waals surface area (Å²) in [5.41, 5.74) is 1.41. The number of hydrogen-bond donors (Lipinski definition) is 0. The van der Waals surface area contributed by atoms with Crippen LogP contribution in [-0.2, 0) is 0 Å². The predicted octanol–water partition coefficient (Wildman–Crippen LogP) is 10.2. The molecule has 3 atom stereocenters. The molecule has 170 valence electrons. The first-order valence-corrected chi connectivity index (χ1v) is 12.5. The molecule has 0 aliphatic heterocycles. The summed E-state index contributed by atoms with van der Waals surface area (Å²) in [5.74, 6) is 3.52. The van der Waals surface area contributed by atoms with Gasteiger partial charge in [-0.05, 0) is 59.2 Å². The first kappa shape index (κ1) is 28.0. The Balaban J connectivity index is 4.64. The first-order valence-electron chi connectivity index (χ1n) is 12.5. The Morgan fingerprint density at radius 2 is 0.607 bits per heavy atom. The van der Waals surface area contributed by atoms with Crippen LogP contribution in [0.5, 0.6) is 0 Å². The summed E-state index contributed by atoms with van der Waals surface area (Å²) in [6, 6.07) is 0. The molecule has 3 unspecified atom stereocenters. The second-order valence-corrected chi connectivity index (χ2v) is 14.2. The third-order valence-electron chi connectivity index (χ3n) is 6.09. The summed E-state index contributed by atoms with van der Waals surface area (Å²) >= 11 is 0. The Morgan fingerprint density at radius 3 is 0.786 bits per heavy atom. The summed E-state index contributed by atoms with van der Waals surface area (Å²) in [6.45, 7) is 29.0. The van der Waals surface area contributed by atoms with Crippen molar-refractivity contribution in [1.82, 2.24) is 0 Å². The minimum atomic E-state index is 0.470. The lowest BCUT2D eigenvalue weighted by atomic mass is 9.78. The molecule has 0 spiro atoms. The second kappa shape index (κ2) is 12.0. The quantitative estimate of drug-likeness (QED) is 0.309. The van der Waals surface area contributed by atoms with Crippen LogP contribution in [0, 0.1) is 39.9 Å². The van der Waals surface area contributed by atoms with Crippen molar-refractivity contribution in [2.45, 2.75) is 141 Å². The van der Waals surface area contributed by atoms with Crippen molar-refractivity contribution in [1.29, 1.82) is 0 Å². The van der Waals surface area contributed by atoms with E-state index in [1.165, 1.54) is 57.8 Å². The lowest BCUT2D eigenvalue weighted by molar-refractivity contribution is 0.238. The van der Waals surface area contributed by atoms with E-state index in [2.05, 4.69) is 83.1 Å². The monoisotopic (exact) mass is 394 g/mol. The van der Waals surface area contributed by atoms with E-state index in [4.69, 9.17) is 0 Å². The maximum atomic E-state index is 2.48. The van der Waals surface area contributed by atoms with Gasteiger partial charge in [0.25, 0.3) is 0 Å². The van der Waals surface area contributed by atoms with Crippen molar-refractivity contribution in [3.8, 4) is 0 Å². The van der Waals surface area contributed by atoms with Gasteiger partial charge in [0.2, 0.25) is 0 Å². The zero-order chi connectivity index (χ0) is 22.2. The van der Waals surface area contributed by atoms with Gasteiger partial charge in [0.1, 0.15) is 0 Å². The molecule has 0 aromatic heterocycles. The highest BCUT2D eigenvalue weighted by atomic mass is 14.3. The fraction of sp³-hybridized carbons (Fsp3) is 1.00. The minimum Gasteiger partial charge on any atom is -0.0625 e. The van der Waals surface area contributed by atoms with Gasteiger partial charge in [-0.15, -0.1) is 0 Å². The van der Waals surface area contributed by atoms with Crippen LogP contribution in [-0.4, -0.2) is 0 Å². The average Bonchev–Trinajstić information content (AvgIpc) is 2.40. The summed E-state index contributed by atoms with van der Waals surface area (Å²) in [5, 5.41) is 0. The van der Waals surface area contributed by atoms with Crippen molar-refractivity contribution in [2.24, 2.45) is 39.9 Å². The molecule has 0 aromatic rings. The predicted molar refractivity (Wildman–Crippen MR) is 131 cm³/mol. The molecule has 0 radical (unpaired) electrons. The third kappa shape index (κ3) is 18.1. The summed E-state index contributed by atoms with van der Waals surface area (Å²) in [4.78, 5) is 0. The van der Waals surface area contributed by atoms with Crippen molar-refractivity contribution in [3.05, 3.63) is 0 Å². The molecule has 0 rings (SSSR count). The molecular formula is C28H58. The van der Waals surface area contributed by atoms with Crippen LogP contribution in [0.25, 0.3) is 0 Å². The van der Waals surface area contributed by atoms with Crippen LogP contribution in [0.15, 0.2) is 0 Å². The van der Waals surface area contributed by atoms with Crippen LogP contribution in [0.4, 0.5) is 0 Å². The van der Waals surface area contributed by atoms with Crippen molar-refractivity contribution in [2.75, 3.05) is 0 Å². The smallest absolute Gasteiger partial charge is 0.0380 e. The van der Waals surface area contributed by atoms with Gasteiger partial charge in [0.05, 0.1) is 0 Å². The van der Waals surface area contributed by atoms with Gasteiger partial charge in [-0.1, -0.05) is 122 Å². The Labute approximate surface area is 181 Å². The number of hydrogen-bond acceptors (Lipinski definition) is 0. The van der Waals surface area contributed by atoms with E-state index in [0.29, 0.717) is 16.2 Å². The topological polar surface area (TPSA) is 0 Å².